The third-order valence-electron chi connectivity index (χ3n) is 6.32. The highest BCUT2D eigenvalue weighted by Crippen LogP contribution is 2.31. The number of cyclic esters (lactones) is 1. The van der Waals surface area contributed by atoms with E-state index in [2.05, 4.69) is 10.2 Å². The number of rotatable bonds is 6. The topological polar surface area (TPSA) is 71.8 Å². The molecule has 5 rings (SSSR count). The Labute approximate surface area is 187 Å². The zero-order chi connectivity index (χ0) is 21.9. The molecule has 6 heteroatoms. The SMILES string of the molecule is O=C(NC[C@H](c1ccco1)N1CCCC1)c1ccc2c(c1)C[C@@H](c1ccccc1)OC2=O. The molecule has 1 aromatic heterocycles. The highest BCUT2D eigenvalue weighted by atomic mass is 16.5. The lowest BCUT2D eigenvalue weighted by molar-refractivity contribution is 0.0252. The molecule has 3 aromatic rings. The molecule has 164 valence electrons. The molecule has 2 aliphatic heterocycles. The lowest BCUT2D eigenvalue weighted by Crippen LogP contribution is -2.36. The van der Waals surface area contributed by atoms with Gasteiger partial charge in [-0.1, -0.05) is 30.3 Å². The van der Waals surface area contributed by atoms with E-state index in [1.54, 1.807) is 18.4 Å². The van der Waals surface area contributed by atoms with Gasteiger partial charge in [0.2, 0.25) is 0 Å². The minimum atomic E-state index is -0.348. The molecule has 0 bridgehead atoms. The van der Waals surface area contributed by atoms with E-state index in [0.29, 0.717) is 24.1 Å². The molecule has 1 saturated heterocycles. The third-order valence-corrected chi connectivity index (χ3v) is 6.32. The fraction of sp³-hybridized carbons (Fsp3) is 0.308. The van der Waals surface area contributed by atoms with Gasteiger partial charge in [-0.05, 0) is 67.4 Å². The first-order chi connectivity index (χ1) is 15.7. The molecule has 1 N–H and O–H groups in total. The van der Waals surface area contributed by atoms with Crippen LogP contribution < -0.4 is 5.32 Å². The summed E-state index contributed by atoms with van der Waals surface area (Å²) in [6.45, 7) is 2.48. The maximum atomic E-state index is 13.0. The Kier molecular flexibility index (Phi) is 5.77. The third kappa shape index (κ3) is 4.18. The minimum absolute atomic E-state index is 0.0199. The number of hydrogen-bond acceptors (Lipinski definition) is 5. The zero-order valence-corrected chi connectivity index (χ0v) is 17.8. The van der Waals surface area contributed by atoms with Gasteiger partial charge in [0.1, 0.15) is 11.9 Å². The summed E-state index contributed by atoms with van der Waals surface area (Å²) in [5.74, 6) is 0.365. The molecule has 3 heterocycles. The lowest BCUT2D eigenvalue weighted by Gasteiger charge is -2.26. The van der Waals surface area contributed by atoms with E-state index < -0.39 is 0 Å². The molecular weight excluding hydrogens is 404 g/mol. The summed E-state index contributed by atoms with van der Waals surface area (Å²) in [5.41, 5.74) is 2.86. The molecule has 32 heavy (non-hydrogen) atoms. The zero-order valence-electron chi connectivity index (χ0n) is 17.8. The Morgan fingerprint density at radius 1 is 1.06 bits per heavy atom. The first-order valence-corrected chi connectivity index (χ1v) is 11.1. The van der Waals surface area contributed by atoms with E-state index in [1.165, 1.54) is 0 Å². The molecule has 0 saturated carbocycles. The first-order valence-electron chi connectivity index (χ1n) is 11.1. The second-order valence-electron chi connectivity index (χ2n) is 8.37. The fourth-order valence-corrected chi connectivity index (χ4v) is 4.63. The van der Waals surface area contributed by atoms with Crippen LogP contribution in [0.1, 0.15) is 62.6 Å². The van der Waals surface area contributed by atoms with Crippen molar-refractivity contribution in [3.63, 3.8) is 0 Å². The van der Waals surface area contributed by atoms with Crippen LogP contribution in [0.15, 0.2) is 71.3 Å². The Balaban J connectivity index is 1.31. The molecule has 2 aliphatic rings. The van der Waals surface area contributed by atoms with Gasteiger partial charge < -0.3 is 14.5 Å². The Bertz CT molecular complexity index is 1090. The van der Waals surface area contributed by atoms with Gasteiger partial charge >= 0.3 is 5.97 Å². The van der Waals surface area contributed by atoms with Gasteiger partial charge in [-0.2, -0.15) is 0 Å². The van der Waals surface area contributed by atoms with Crippen molar-refractivity contribution in [3.8, 4) is 0 Å². The monoisotopic (exact) mass is 430 g/mol. The van der Waals surface area contributed by atoms with Crippen molar-refractivity contribution in [1.82, 2.24) is 10.2 Å². The van der Waals surface area contributed by atoms with Crippen molar-refractivity contribution in [2.45, 2.75) is 31.4 Å². The number of ether oxygens (including phenoxy) is 1. The van der Waals surface area contributed by atoms with Crippen LogP contribution in [-0.4, -0.2) is 36.4 Å². The molecule has 0 unspecified atom stereocenters. The van der Waals surface area contributed by atoms with Crippen LogP contribution in [0.2, 0.25) is 0 Å². The number of fused-ring (bicyclic) bond motifs is 1. The molecule has 0 radical (unpaired) electrons. The summed E-state index contributed by atoms with van der Waals surface area (Å²) in [4.78, 5) is 27.8. The van der Waals surface area contributed by atoms with Gasteiger partial charge in [-0.25, -0.2) is 4.79 Å². The van der Waals surface area contributed by atoms with E-state index >= 15 is 0 Å². The molecular formula is C26H26N2O4. The molecule has 2 aromatic carbocycles. The van der Waals surface area contributed by atoms with E-state index in [0.717, 1.165) is 42.8 Å². The average molecular weight is 431 g/mol. The molecule has 6 nitrogen and oxygen atoms in total. The largest absolute Gasteiger partial charge is 0.468 e. The van der Waals surface area contributed by atoms with Crippen molar-refractivity contribution >= 4 is 11.9 Å². The number of benzene rings is 2. The number of nitrogens with one attached hydrogen (secondary N) is 1. The number of esters is 1. The molecule has 0 spiro atoms. The number of hydrogen-bond donors (Lipinski definition) is 1. The van der Waals surface area contributed by atoms with E-state index in [-0.39, 0.29) is 24.0 Å². The Hall–Kier alpha value is -3.38. The van der Waals surface area contributed by atoms with Crippen LogP contribution in [-0.2, 0) is 11.2 Å². The van der Waals surface area contributed by atoms with Crippen molar-refractivity contribution in [2.24, 2.45) is 0 Å². The van der Waals surface area contributed by atoms with Crippen molar-refractivity contribution in [1.29, 1.82) is 0 Å². The van der Waals surface area contributed by atoms with Crippen LogP contribution in [0.25, 0.3) is 0 Å². The van der Waals surface area contributed by atoms with Crippen LogP contribution in [0.4, 0.5) is 0 Å². The maximum Gasteiger partial charge on any atom is 0.339 e. The second kappa shape index (κ2) is 9.01. The van der Waals surface area contributed by atoms with Crippen molar-refractivity contribution < 1.29 is 18.7 Å². The molecule has 1 amide bonds. The Morgan fingerprint density at radius 2 is 1.88 bits per heavy atom. The van der Waals surface area contributed by atoms with Crippen LogP contribution in [0, 0.1) is 0 Å². The van der Waals surface area contributed by atoms with Gasteiger partial charge in [0.15, 0.2) is 0 Å². The summed E-state index contributed by atoms with van der Waals surface area (Å²) < 4.78 is 11.3. The van der Waals surface area contributed by atoms with Gasteiger partial charge in [-0.3, -0.25) is 9.69 Å². The summed E-state index contributed by atoms with van der Waals surface area (Å²) in [6.07, 6.45) is 4.21. The van der Waals surface area contributed by atoms with Gasteiger partial charge in [0.25, 0.3) is 5.91 Å². The van der Waals surface area contributed by atoms with Gasteiger partial charge in [0, 0.05) is 18.5 Å². The van der Waals surface area contributed by atoms with Crippen molar-refractivity contribution in [3.05, 3.63) is 94.9 Å². The van der Waals surface area contributed by atoms with Crippen molar-refractivity contribution in [2.75, 3.05) is 19.6 Å². The normalized spacial score (nSPS) is 19.2. The number of nitrogens with zero attached hydrogens (tertiary/aromatic N) is 1. The smallest absolute Gasteiger partial charge is 0.339 e. The summed E-state index contributed by atoms with van der Waals surface area (Å²) >= 11 is 0. The van der Waals surface area contributed by atoms with Crippen LogP contribution in [0.5, 0.6) is 0 Å². The summed E-state index contributed by atoms with van der Waals surface area (Å²) in [7, 11) is 0. The molecule has 2 atom stereocenters. The molecule has 1 fully saturated rings. The standard InChI is InChI=1S/C26H26N2O4/c29-25(27-17-22(23-9-6-14-31-23)28-12-4-5-13-28)19-10-11-21-20(15-19)16-24(32-26(21)30)18-7-2-1-3-8-18/h1-3,6-11,14-15,22,24H,4-5,12-13,16-17H2,(H,27,29)/t22-,24+/m1/s1. The number of amides is 1. The molecule has 0 aliphatic carbocycles. The average Bonchev–Trinajstić information content (AvgIpc) is 3.54. The number of likely N-dealkylation sites (tertiary alicyclic amines) is 1. The van der Waals surface area contributed by atoms with Gasteiger partial charge in [0.05, 0.1) is 17.9 Å². The highest BCUT2D eigenvalue weighted by molar-refractivity contribution is 5.97. The number of furan rings is 1. The van der Waals surface area contributed by atoms with Gasteiger partial charge in [-0.15, -0.1) is 0 Å². The van der Waals surface area contributed by atoms with Crippen LogP contribution in [0.3, 0.4) is 0 Å². The highest BCUT2D eigenvalue weighted by Gasteiger charge is 2.29. The Morgan fingerprint density at radius 3 is 2.62 bits per heavy atom. The van der Waals surface area contributed by atoms with E-state index in [4.69, 9.17) is 9.15 Å². The fourth-order valence-electron chi connectivity index (χ4n) is 4.63. The minimum Gasteiger partial charge on any atom is -0.468 e. The summed E-state index contributed by atoms with van der Waals surface area (Å²) in [5, 5.41) is 3.07. The number of carbonyl (C=O) groups excluding carboxylic acids is 2. The van der Waals surface area contributed by atoms with Crippen LogP contribution >= 0.6 is 0 Å². The predicted molar refractivity (Wildman–Crippen MR) is 119 cm³/mol. The van der Waals surface area contributed by atoms with E-state index in [9.17, 15) is 9.59 Å². The number of carbonyl (C=O) groups is 2. The second-order valence-corrected chi connectivity index (χ2v) is 8.37. The quantitative estimate of drug-likeness (QED) is 0.591. The summed E-state index contributed by atoms with van der Waals surface area (Å²) in [6, 6.07) is 18.8. The van der Waals surface area contributed by atoms with E-state index in [1.807, 2.05) is 48.5 Å². The maximum absolute atomic E-state index is 13.0. The lowest BCUT2D eigenvalue weighted by atomic mass is 9.93. The first kappa shape index (κ1) is 20.5. The predicted octanol–water partition coefficient (Wildman–Crippen LogP) is 4.30.